The Morgan fingerprint density at radius 2 is 2.00 bits per heavy atom. The smallest absolute Gasteiger partial charge is 0.231 e. The van der Waals surface area contributed by atoms with Crippen molar-refractivity contribution in [3.05, 3.63) is 23.8 Å². The summed E-state index contributed by atoms with van der Waals surface area (Å²) in [6, 6.07) is 6.71. The summed E-state index contributed by atoms with van der Waals surface area (Å²) < 4.78 is 10.9. The maximum absolute atomic E-state index is 5.49. The van der Waals surface area contributed by atoms with E-state index in [-0.39, 0.29) is 0 Å². The lowest BCUT2D eigenvalue weighted by molar-refractivity contribution is 0.174. The van der Waals surface area contributed by atoms with Crippen molar-refractivity contribution >= 4 is 11.8 Å². The molecule has 21 heavy (non-hydrogen) atoms. The lowest BCUT2D eigenvalue weighted by atomic mass is 10.1. The van der Waals surface area contributed by atoms with Crippen molar-refractivity contribution in [3.63, 3.8) is 0 Å². The fraction of sp³-hybridized carbons (Fsp3) is 0.647. The largest absolute Gasteiger partial charge is 0.454 e. The molecular weight excluding hydrogens is 282 g/mol. The minimum Gasteiger partial charge on any atom is -0.454 e. The number of hydrogen-bond donors (Lipinski definition) is 1. The highest BCUT2D eigenvalue weighted by Crippen LogP contribution is 2.34. The average molecular weight is 309 g/mol. The molecule has 1 aliphatic heterocycles. The third-order valence-corrected chi connectivity index (χ3v) is 4.76. The number of nitrogens with one attached hydrogen (secondary N) is 1. The fourth-order valence-corrected chi connectivity index (χ4v) is 3.50. The zero-order chi connectivity index (χ0) is 14.9. The van der Waals surface area contributed by atoms with Crippen LogP contribution in [0.4, 0.5) is 0 Å². The van der Waals surface area contributed by atoms with Gasteiger partial charge in [-0.05, 0) is 42.8 Å². The fourth-order valence-electron chi connectivity index (χ4n) is 2.38. The predicted octanol–water partition coefficient (Wildman–Crippen LogP) is 4.38. The van der Waals surface area contributed by atoms with E-state index in [1.165, 1.54) is 30.6 Å². The summed E-state index contributed by atoms with van der Waals surface area (Å²) in [6.07, 6.45) is 5.11. The van der Waals surface area contributed by atoms with Crippen LogP contribution in [-0.2, 0) is 0 Å². The Balaban J connectivity index is 1.91. The molecule has 4 heteroatoms. The van der Waals surface area contributed by atoms with Gasteiger partial charge in [-0.25, -0.2) is 0 Å². The average Bonchev–Trinajstić information content (AvgIpc) is 2.97. The number of hydrogen-bond acceptors (Lipinski definition) is 4. The summed E-state index contributed by atoms with van der Waals surface area (Å²) in [5.74, 6) is 4.11. The molecule has 1 unspecified atom stereocenters. The highest BCUT2D eigenvalue weighted by atomic mass is 32.2. The first-order valence-electron chi connectivity index (χ1n) is 8.05. The molecule has 0 aliphatic carbocycles. The Morgan fingerprint density at radius 3 is 2.81 bits per heavy atom. The molecule has 0 saturated carbocycles. The first-order valence-corrected chi connectivity index (χ1v) is 9.21. The maximum atomic E-state index is 5.49. The number of ether oxygens (including phenoxy) is 2. The van der Waals surface area contributed by atoms with Crippen molar-refractivity contribution in [3.8, 4) is 11.5 Å². The summed E-state index contributed by atoms with van der Waals surface area (Å²) in [7, 11) is 0. The van der Waals surface area contributed by atoms with E-state index in [0.717, 1.165) is 30.2 Å². The van der Waals surface area contributed by atoms with Crippen LogP contribution in [0.1, 0.15) is 51.1 Å². The molecular formula is C17H27NO2S. The second-order valence-electron chi connectivity index (χ2n) is 5.40. The van der Waals surface area contributed by atoms with E-state index in [9.17, 15) is 0 Å². The highest BCUT2D eigenvalue weighted by Gasteiger charge is 2.17. The summed E-state index contributed by atoms with van der Waals surface area (Å²) in [5, 5.41) is 3.65. The van der Waals surface area contributed by atoms with Gasteiger partial charge in [0.2, 0.25) is 6.79 Å². The molecule has 1 aliphatic rings. The van der Waals surface area contributed by atoms with Crippen LogP contribution in [0, 0.1) is 0 Å². The van der Waals surface area contributed by atoms with E-state index in [2.05, 4.69) is 31.3 Å². The van der Waals surface area contributed by atoms with Crippen LogP contribution in [0.5, 0.6) is 11.5 Å². The molecule has 1 heterocycles. The molecule has 2 rings (SSSR count). The van der Waals surface area contributed by atoms with E-state index < -0.39 is 0 Å². The van der Waals surface area contributed by atoms with Crippen LogP contribution < -0.4 is 14.8 Å². The Hall–Kier alpha value is -0.870. The molecule has 0 spiro atoms. The zero-order valence-corrected chi connectivity index (χ0v) is 14.0. The van der Waals surface area contributed by atoms with E-state index in [0.29, 0.717) is 12.8 Å². The normalized spacial score (nSPS) is 14.4. The van der Waals surface area contributed by atoms with Crippen molar-refractivity contribution < 1.29 is 9.47 Å². The number of thioether (sulfide) groups is 1. The Labute approximate surface area is 132 Å². The van der Waals surface area contributed by atoms with Gasteiger partial charge in [-0.1, -0.05) is 32.8 Å². The minimum absolute atomic E-state index is 0.345. The molecule has 0 radical (unpaired) electrons. The summed E-state index contributed by atoms with van der Waals surface area (Å²) in [4.78, 5) is 0. The zero-order valence-electron chi connectivity index (χ0n) is 13.2. The number of benzene rings is 1. The van der Waals surface area contributed by atoms with Crippen LogP contribution >= 0.6 is 11.8 Å². The Morgan fingerprint density at radius 1 is 1.14 bits per heavy atom. The third-order valence-electron chi connectivity index (χ3n) is 3.62. The lowest BCUT2D eigenvalue weighted by Crippen LogP contribution is -2.24. The summed E-state index contributed by atoms with van der Waals surface area (Å²) >= 11 is 2.05. The second-order valence-corrected chi connectivity index (χ2v) is 6.55. The van der Waals surface area contributed by atoms with Gasteiger partial charge in [0.15, 0.2) is 11.5 Å². The van der Waals surface area contributed by atoms with Gasteiger partial charge in [0, 0.05) is 11.8 Å². The molecule has 0 amide bonds. The second kappa shape index (κ2) is 9.21. The molecule has 3 nitrogen and oxygen atoms in total. The van der Waals surface area contributed by atoms with Crippen LogP contribution in [0.25, 0.3) is 0 Å². The Bertz CT molecular complexity index is 425. The van der Waals surface area contributed by atoms with Crippen molar-refractivity contribution in [2.24, 2.45) is 0 Å². The van der Waals surface area contributed by atoms with Gasteiger partial charge in [-0.2, -0.15) is 11.8 Å². The van der Waals surface area contributed by atoms with Crippen LogP contribution in [0.3, 0.4) is 0 Å². The van der Waals surface area contributed by atoms with Gasteiger partial charge in [0.25, 0.3) is 0 Å². The van der Waals surface area contributed by atoms with Gasteiger partial charge < -0.3 is 14.8 Å². The molecule has 0 aromatic heterocycles. The maximum Gasteiger partial charge on any atom is 0.231 e. The first-order chi connectivity index (χ1) is 10.3. The highest BCUT2D eigenvalue weighted by molar-refractivity contribution is 7.99. The standard InChI is InChI=1S/C17H27NO2S/c1-3-5-6-10-21-12-15(18-9-4-2)14-7-8-16-17(11-14)20-13-19-16/h7-8,11,15,18H,3-6,9-10,12-13H2,1-2H3. The quantitative estimate of drug-likeness (QED) is 0.650. The third kappa shape index (κ3) is 5.11. The molecule has 1 aromatic rings. The van der Waals surface area contributed by atoms with Gasteiger partial charge in [0.05, 0.1) is 0 Å². The van der Waals surface area contributed by atoms with Crippen LogP contribution in [-0.4, -0.2) is 24.8 Å². The molecule has 1 N–H and O–H groups in total. The Kier molecular flexibility index (Phi) is 7.24. The van der Waals surface area contributed by atoms with Gasteiger partial charge in [-0.15, -0.1) is 0 Å². The predicted molar refractivity (Wildman–Crippen MR) is 90.4 cm³/mol. The van der Waals surface area contributed by atoms with E-state index in [1.807, 2.05) is 17.8 Å². The lowest BCUT2D eigenvalue weighted by Gasteiger charge is -2.19. The summed E-state index contributed by atoms with van der Waals surface area (Å²) in [6.45, 7) is 5.85. The van der Waals surface area contributed by atoms with Crippen molar-refractivity contribution in [2.75, 3.05) is 24.8 Å². The SMILES string of the molecule is CCCCCSCC(NCCC)c1ccc2c(c1)OCO2. The molecule has 118 valence electrons. The van der Waals surface area contributed by atoms with Crippen molar-refractivity contribution in [1.82, 2.24) is 5.32 Å². The molecule has 1 atom stereocenters. The van der Waals surface area contributed by atoms with Gasteiger partial charge in [-0.3, -0.25) is 0 Å². The van der Waals surface area contributed by atoms with E-state index in [4.69, 9.17) is 9.47 Å². The molecule has 0 bridgehead atoms. The van der Waals surface area contributed by atoms with Crippen molar-refractivity contribution in [2.45, 2.75) is 45.6 Å². The molecule has 0 saturated heterocycles. The minimum atomic E-state index is 0.345. The first kappa shape index (κ1) is 16.5. The molecule has 0 fully saturated rings. The molecule has 1 aromatic carbocycles. The monoisotopic (exact) mass is 309 g/mol. The number of unbranched alkanes of at least 4 members (excludes halogenated alkanes) is 2. The van der Waals surface area contributed by atoms with E-state index in [1.54, 1.807) is 0 Å². The van der Waals surface area contributed by atoms with Crippen LogP contribution in [0.2, 0.25) is 0 Å². The topological polar surface area (TPSA) is 30.5 Å². The van der Waals surface area contributed by atoms with Gasteiger partial charge in [0.1, 0.15) is 0 Å². The van der Waals surface area contributed by atoms with Crippen molar-refractivity contribution in [1.29, 1.82) is 0 Å². The summed E-state index contributed by atoms with van der Waals surface area (Å²) in [5.41, 5.74) is 1.30. The number of fused-ring (bicyclic) bond motifs is 1. The van der Waals surface area contributed by atoms with Crippen LogP contribution in [0.15, 0.2) is 18.2 Å². The number of rotatable bonds is 10. The van der Waals surface area contributed by atoms with Gasteiger partial charge >= 0.3 is 0 Å². The van der Waals surface area contributed by atoms with E-state index >= 15 is 0 Å².